The van der Waals surface area contributed by atoms with Gasteiger partial charge in [0.05, 0.1) is 6.61 Å². The molecule has 3 N–H and O–H groups in total. The second-order valence-electron chi connectivity index (χ2n) is 5.64. The van der Waals surface area contributed by atoms with E-state index in [2.05, 4.69) is 41.8 Å². The zero-order valence-corrected chi connectivity index (χ0v) is 13.5. The van der Waals surface area contributed by atoms with Crippen molar-refractivity contribution in [2.45, 2.75) is 26.4 Å². The molecule has 0 heterocycles. The Hall–Kier alpha value is -2.33. The van der Waals surface area contributed by atoms with Crippen LogP contribution in [0.5, 0.6) is 0 Å². The van der Waals surface area contributed by atoms with Crippen molar-refractivity contribution >= 4 is 6.03 Å². The molecule has 4 nitrogen and oxygen atoms in total. The Morgan fingerprint density at radius 1 is 0.826 bits per heavy atom. The van der Waals surface area contributed by atoms with E-state index >= 15 is 0 Å². The molecule has 4 heteroatoms. The molecule has 122 valence electrons. The van der Waals surface area contributed by atoms with Crippen molar-refractivity contribution in [3.8, 4) is 0 Å². The van der Waals surface area contributed by atoms with E-state index in [1.54, 1.807) is 0 Å². The van der Waals surface area contributed by atoms with Crippen molar-refractivity contribution in [1.29, 1.82) is 0 Å². The normalized spacial score (nSPS) is 10.3. The predicted molar refractivity (Wildman–Crippen MR) is 92.4 cm³/mol. The Kier molecular flexibility index (Phi) is 6.63. The summed E-state index contributed by atoms with van der Waals surface area (Å²) in [5.41, 5.74) is 4.50. The Morgan fingerprint density at radius 2 is 1.26 bits per heavy atom. The summed E-state index contributed by atoms with van der Waals surface area (Å²) >= 11 is 0. The highest BCUT2D eigenvalue weighted by molar-refractivity contribution is 5.73. The fourth-order valence-electron chi connectivity index (χ4n) is 2.27. The average molecular weight is 312 g/mol. The summed E-state index contributed by atoms with van der Waals surface area (Å²) in [6.45, 7) is 3.34. The molecule has 23 heavy (non-hydrogen) atoms. The first-order chi connectivity index (χ1) is 11.2. The Morgan fingerprint density at radius 3 is 1.74 bits per heavy atom. The average Bonchev–Trinajstić information content (AvgIpc) is 2.57. The second kappa shape index (κ2) is 8.96. The van der Waals surface area contributed by atoms with Gasteiger partial charge in [0.15, 0.2) is 0 Å². The van der Waals surface area contributed by atoms with E-state index in [0.717, 1.165) is 24.0 Å². The molecule has 2 amide bonds. The highest BCUT2D eigenvalue weighted by Gasteiger charge is 2.00. The van der Waals surface area contributed by atoms with Crippen LogP contribution in [0.1, 0.15) is 22.3 Å². The number of amides is 2. The van der Waals surface area contributed by atoms with Crippen LogP contribution in [0.25, 0.3) is 0 Å². The minimum absolute atomic E-state index is 0.0575. The van der Waals surface area contributed by atoms with E-state index in [1.807, 2.05) is 24.3 Å². The molecule has 0 bridgehead atoms. The minimum atomic E-state index is -0.135. The van der Waals surface area contributed by atoms with Crippen LogP contribution in [0, 0.1) is 6.92 Å². The molecular weight excluding hydrogens is 288 g/mol. The molecule has 0 spiro atoms. The highest BCUT2D eigenvalue weighted by atomic mass is 16.3. The van der Waals surface area contributed by atoms with Gasteiger partial charge in [-0.3, -0.25) is 0 Å². The molecule has 0 unspecified atom stereocenters. The molecule has 0 fully saturated rings. The lowest BCUT2D eigenvalue weighted by Gasteiger charge is -2.08. The smallest absolute Gasteiger partial charge is 0.314 e. The molecule has 0 saturated carbocycles. The van der Waals surface area contributed by atoms with E-state index in [1.165, 1.54) is 11.1 Å². The quantitative estimate of drug-likeness (QED) is 0.736. The number of carbonyl (C=O) groups excluding carboxylic acids is 1. The number of nitrogens with one attached hydrogen (secondary N) is 2. The lowest BCUT2D eigenvalue weighted by Crippen LogP contribution is -2.37. The number of carbonyl (C=O) groups is 1. The van der Waals surface area contributed by atoms with Gasteiger partial charge < -0.3 is 15.7 Å². The third kappa shape index (κ3) is 6.12. The van der Waals surface area contributed by atoms with Crippen molar-refractivity contribution in [2.75, 3.05) is 13.1 Å². The van der Waals surface area contributed by atoms with Crippen LogP contribution in [0.4, 0.5) is 4.79 Å². The number of rotatable bonds is 7. The fourth-order valence-corrected chi connectivity index (χ4v) is 2.27. The van der Waals surface area contributed by atoms with Crippen molar-refractivity contribution < 1.29 is 9.90 Å². The van der Waals surface area contributed by atoms with Crippen LogP contribution >= 0.6 is 0 Å². The molecule has 2 rings (SSSR count). The van der Waals surface area contributed by atoms with E-state index in [0.29, 0.717) is 13.1 Å². The molecule has 0 aromatic heterocycles. The van der Waals surface area contributed by atoms with E-state index in [-0.39, 0.29) is 12.6 Å². The summed E-state index contributed by atoms with van der Waals surface area (Å²) < 4.78 is 0. The van der Waals surface area contributed by atoms with Crippen molar-refractivity contribution in [2.24, 2.45) is 0 Å². The fraction of sp³-hybridized carbons (Fsp3) is 0.316. The first kappa shape index (κ1) is 17.0. The summed E-state index contributed by atoms with van der Waals surface area (Å²) in [5, 5.41) is 14.7. The molecule has 2 aromatic carbocycles. The third-order valence-electron chi connectivity index (χ3n) is 3.72. The van der Waals surface area contributed by atoms with Crippen LogP contribution in [0.2, 0.25) is 0 Å². The topological polar surface area (TPSA) is 61.4 Å². The molecule has 0 aliphatic rings. The monoisotopic (exact) mass is 312 g/mol. The van der Waals surface area contributed by atoms with Crippen LogP contribution in [-0.4, -0.2) is 24.2 Å². The highest BCUT2D eigenvalue weighted by Crippen LogP contribution is 2.05. The number of aliphatic hydroxyl groups is 1. The summed E-state index contributed by atoms with van der Waals surface area (Å²) in [5.74, 6) is 0. The Bertz CT molecular complexity index is 606. The minimum Gasteiger partial charge on any atom is -0.392 e. The van der Waals surface area contributed by atoms with Gasteiger partial charge in [0.1, 0.15) is 0 Å². The SMILES string of the molecule is Cc1ccc(CCNC(=O)NCCc2ccc(CO)cc2)cc1. The second-order valence-corrected chi connectivity index (χ2v) is 5.64. The van der Waals surface area contributed by atoms with Crippen LogP contribution in [-0.2, 0) is 19.4 Å². The number of hydrogen-bond donors (Lipinski definition) is 3. The lowest BCUT2D eigenvalue weighted by atomic mass is 10.1. The molecule has 0 aliphatic heterocycles. The number of benzene rings is 2. The zero-order chi connectivity index (χ0) is 16.5. The van der Waals surface area contributed by atoms with Gasteiger partial charge in [0.2, 0.25) is 0 Å². The van der Waals surface area contributed by atoms with Gasteiger partial charge in [-0.05, 0) is 36.5 Å². The predicted octanol–water partition coefficient (Wildman–Crippen LogP) is 2.57. The summed E-state index contributed by atoms with van der Waals surface area (Å²) in [6, 6.07) is 16.0. The lowest BCUT2D eigenvalue weighted by molar-refractivity contribution is 0.241. The van der Waals surface area contributed by atoms with Gasteiger partial charge in [0.25, 0.3) is 0 Å². The van der Waals surface area contributed by atoms with Gasteiger partial charge in [-0.2, -0.15) is 0 Å². The zero-order valence-electron chi connectivity index (χ0n) is 13.5. The number of aryl methyl sites for hydroxylation is 1. The molecule has 0 saturated heterocycles. The van der Waals surface area contributed by atoms with Crippen molar-refractivity contribution in [3.05, 3.63) is 70.8 Å². The van der Waals surface area contributed by atoms with Crippen LogP contribution < -0.4 is 10.6 Å². The molecule has 0 aliphatic carbocycles. The van der Waals surface area contributed by atoms with Gasteiger partial charge >= 0.3 is 6.03 Å². The molecule has 0 atom stereocenters. The molecule has 0 radical (unpaired) electrons. The number of urea groups is 1. The number of aliphatic hydroxyl groups excluding tert-OH is 1. The van der Waals surface area contributed by atoms with Crippen molar-refractivity contribution in [1.82, 2.24) is 10.6 Å². The Labute approximate surface area is 137 Å². The number of hydrogen-bond acceptors (Lipinski definition) is 2. The van der Waals surface area contributed by atoms with E-state index in [9.17, 15) is 4.79 Å². The molecule has 2 aromatic rings. The maximum absolute atomic E-state index is 11.7. The van der Waals surface area contributed by atoms with Gasteiger partial charge in [-0.25, -0.2) is 4.79 Å². The maximum atomic E-state index is 11.7. The van der Waals surface area contributed by atoms with Crippen LogP contribution in [0.15, 0.2) is 48.5 Å². The van der Waals surface area contributed by atoms with Crippen LogP contribution in [0.3, 0.4) is 0 Å². The van der Waals surface area contributed by atoms with E-state index in [4.69, 9.17) is 5.11 Å². The van der Waals surface area contributed by atoms with Crippen molar-refractivity contribution in [3.63, 3.8) is 0 Å². The standard InChI is InChI=1S/C19H24N2O2/c1-15-2-4-16(5-3-15)10-12-20-19(23)21-13-11-17-6-8-18(14-22)9-7-17/h2-9,22H,10-14H2,1H3,(H2,20,21,23). The van der Waals surface area contributed by atoms with E-state index < -0.39 is 0 Å². The van der Waals surface area contributed by atoms with Gasteiger partial charge in [-0.15, -0.1) is 0 Å². The first-order valence-electron chi connectivity index (χ1n) is 7.93. The van der Waals surface area contributed by atoms with Gasteiger partial charge in [-0.1, -0.05) is 54.1 Å². The largest absolute Gasteiger partial charge is 0.392 e. The molecular formula is C19H24N2O2. The first-order valence-corrected chi connectivity index (χ1v) is 7.93. The maximum Gasteiger partial charge on any atom is 0.314 e. The summed E-state index contributed by atoms with van der Waals surface area (Å²) in [6.07, 6.45) is 1.60. The summed E-state index contributed by atoms with van der Waals surface area (Å²) in [4.78, 5) is 11.7. The summed E-state index contributed by atoms with van der Waals surface area (Å²) in [7, 11) is 0. The van der Waals surface area contributed by atoms with Gasteiger partial charge in [0, 0.05) is 13.1 Å². The third-order valence-corrected chi connectivity index (χ3v) is 3.72. The Balaban J connectivity index is 1.62.